The summed E-state index contributed by atoms with van der Waals surface area (Å²) < 4.78 is -0.702. The van der Waals surface area contributed by atoms with Gasteiger partial charge in [0.25, 0.3) is 0 Å². The van der Waals surface area contributed by atoms with E-state index in [1.165, 1.54) is 0 Å². The zero-order chi connectivity index (χ0) is 15.4. The Labute approximate surface area is 135 Å². The van der Waals surface area contributed by atoms with Crippen LogP contribution < -0.4 is 11.1 Å². The Bertz CT molecular complexity index is 591. The van der Waals surface area contributed by atoms with Gasteiger partial charge in [0.15, 0.2) is 0 Å². The Morgan fingerprint density at radius 1 is 1.05 bits per heavy atom. The first-order chi connectivity index (χ1) is 10.8. The van der Waals surface area contributed by atoms with Crippen LogP contribution in [0.15, 0.2) is 60.7 Å². The van der Waals surface area contributed by atoms with E-state index in [2.05, 4.69) is 5.32 Å². The number of nitrogens with one attached hydrogen (secondary N) is 1. The summed E-state index contributed by atoms with van der Waals surface area (Å²) in [7, 11) is 0. The molecule has 1 atom stereocenters. The first kappa shape index (κ1) is 15.1. The molecule has 3 rings (SSSR count). The zero-order valence-corrected chi connectivity index (χ0v) is 13.2. The molecule has 1 saturated heterocycles. The normalized spacial score (nSPS) is 21.0. The quantitative estimate of drug-likeness (QED) is 0.915. The number of carbonyl (C=O) groups is 1. The van der Waals surface area contributed by atoms with Crippen molar-refractivity contribution in [2.24, 2.45) is 5.73 Å². The van der Waals surface area contributed by atoms with Crippen LogP contribution >= 0.6 is 11.8 Å². The van der Waals surface area contributed by atoms with Crippen LogP contribution in [0.4, 0.5) is 0 Å². The molecule has 22 heavy (non-hydrogen) atoms. The van der Waals surface area contributed by atoms with E-state index in [1.54, 1.807) is 11.8 Å². The largest absolute Gasteiger partial charge is 0.350 e. The molecule has 1 fully saturated rings. The second-order valence-electron chi connectivity index (χ2n) is 5.46. The van der Waals surface area contributed by atoms with Gasteiger partial charge < -0.3 is 11.1 Å². The van der Waals surface area contributed by atoms with E-state index in [0.717, 1.165) is 23.3 Å². The molecule has 0 spiro atoms. The van der Waals surface area contributed by atoms with Crippen LogP contribution in [0, 0.1) is 0 Å². The van der Waals surface area contributed by atoms with Gasteiger partial charge in [-0.15, -0.1) is 11.8 Å². The number of hydrogen-bond donors (Lipinski definition) is 2. The molecule has 114 valence electrons. The Hall–Kier alpha value is -1.78. The molecule has 1 heterocycles. The first-order valence-electron chi connectivity index (χ1n) is 7.53. The van der Waals surface area contributed by atoms with Crippen molar-refractivity contribution in [3.8, 4) is 0 Å². The topological polar surface area (TPSA) is 55.1 Å². The molecule has 2 aromatic carbocycles. The number of hydrogen-bond acceptors (Lipinski definition) is 3. The van der Waals surface area contributed by atoms with Crippen LogP contribution in [-0.4, -0.2) is 24.2 Å². The third kappa shape index (κ3) is 2.64. The van der Waals surface area contributed by atoms with E-state index in [1.807, 2.05) is 60.7 Å². The first-order valence-corrected chi connectivity index (χ1v) is 8.52. The van der Waals surface area contributed by atoms with E-state index in [9.17, 15) is 4.79 Å². The van der Waals surface area contributed by atoms with Gasteiger partial charge in [-0.2, -0.15) is 0 Å². The summed E-state index contributed by atoms with van der Waals surface area (Å²) in [5.74, 6) is 0.924. The Balaban J connectivity index is 2.13. The van der Waals surface area contributed by atoms with Crippen LogP contribution in [0.3, 0.4) is 0 Å². The summed E-state index contributed by atoms with van der Waals surface area (Å²) in [4.78, 5) is 13.1. The number of amides is 1. The van der Waals surface area contributed by atoms with Crippen molar-refractivity contribution in [1.29, 1.82) is 0 Å². The molecular weight excluding hydrogens is 292 g/mol. The third-order valence-corrected chi connectivity index (χ3v) is 5.61. The lowest BCUT2D eigenvalue weighted by molar-refractivity contribution is -0.123. The highest BCUT2D eigenvalue weighted by molar-refractivity contribution is 8.01. The minimum atomic E-state index is -0.702. The second-order valence-corrected chi connectivity index (χ2v) is 6.77. The maximum absolute atomic E-state index is 13.1. The highest BCUT2D eigenvalue weighted by Gasteiger charge is 2.44. The predicted molar refractivity (Wildman–Crippen MR) is 91.7 cm³/mol. The van der Waals surface area contributed by atoms with E-state index in [-0.39, 0.29) is 11.9 Å². The molecule has 0 bridgehead atoms. The molecule has 0 unspecified atom stereocenters. The van der Waals surface area contributed by atoms with Gasteiger partial charge in [0.05, 0.1) is 0 Å². The number of carbonyl (C=O) groups excluding carboxylic acids is 1. The summed E-state index contributed by atoms with van der Waals surface area (Å²) in [5.41, 5.74) is 7.81. The van der Waals surface area contributed by atoms with Gasteiger partial charge in [0.2, 0.25) is 5.91 Å². The van der Waals surface area contributed by atoms with Crippen LogP contribution in [0.5, 0.6) is 0 Å². The molecule has 0 radical (unpaired) electrons. The van der Waals surface area contributed by atoms with Gasteiger partial charge >= 0.3 is 0 Å². The molecule has 0 aromatic heterocycles. The van der Waals surface area contributed by atoms with Crippen molar-refractivity contribution in [2.75, 3.05) is 12.3 Å². The molecule has 1 amide bonds. The summed E-state index contributed by atoms with van der Waals surface area (Å²) in [6.45, 7) is 0.478. The minimum Gasteiger partial charge on any atom is -0.350 e. The van der Waals surface area contributed by atoms with Crippen LogP contribution in [0.1, 0.15) is 17.5 Å². The highest BCUT2D eigenvalue weighted by Crippen LogP contribution is 2.44. The third-order valence-electron chi connectivity index (χ3n) is 4.09. The fourth-order valence-corrected chi connectivity index (χ4v) is 4.40. The van der Waals surface area contributed by atoms with Gasteiger partial charge in [0, 0.05) is 12.6 Å². The summed E-state index contributed by atoms with van der Waals surface area (Å²) in [5, 5.41) is 3.13. The lowest BCUT2D eigenvalue weighted by Crippen LogP contribution is -2.47. The van der Waals surface area contributed by atoms with Gasteiger partial charge in [-0.1, -0.05) is 60.7 Å². The van der Waals surface area contributed by atoms with E-state index in [4.69, 9.17) is 5.73 Å². The molecule has 3 nitrogen and oxygen atoms in total. The van der Waals surface area contributed by atoms with Crippen molar-refractivity contribution in [1.82, 2.24) is 5.32 Å². The summed E-state index contributed by atoms with van der Waals surface area (Å²) >= 11 is 1.70. The van der Waals surface area contributed by atoms with Crippen LogP contribution in [0.2, 0.25) is 0 Å². The average molecular weight is 312 g/mol. The van der Waals surface area contributed by atoms with Crippen molar-refractivity contribution in [3.63, 3.8) is 0 Å². The van der Waals surface area contributed by atoms with Gasteiger partial charge in [-0.25, -0.2) is 0 Å². The Morgan fingerprint density at radius 2 is 1.59 bits per heavy atom. The SMILES string of the molecule is NC[C@@H]1CCSC(c2ccccc2)(c2ccccc2)C(=O)N1. The van der Waals surface area contributed by atoms with E-state index < -0.39 is 4.75 Å². The molecule has 0 saturated carbocycles. The number of benzene rings is 2. The van der Waals surface area contributed by atoms with Gasteiger partial charge in [-0.05, 0) is 23.3 Å². The summed E-state index contributed by atoms with van der Waals surface area (Å²) in [6, 6.07) is 20.1. The fourth-order valence-electron chi connectivity index (χ4n) is 2.90. The van der Waals surface area contributed by atoms with Crippen LogP contribution in [-0.2, 0) is 9.54 Å². The van der Waals surface area contributed by atoms with Crippen molar-refractivity contribution in [3.05, 3.63) is 71.8 Å². The maximum atomic E-state index is 13.1. The predicted octanol–water partition coefficient (Wildman–Crippen LogP) is 2.51. The highest BCUT2D eigenvalue weighted by atomic mass is 32.2. The number of thioether (sulfide) groups is 1. The van der Waals surface area contributed by atoms with Crippen molar-refractivity contribution in [2.45, 2.75) is 17.2 Å². The van der Waals surface area contributed by atoms with Crippen LogP contribution in [0.25, 0.3) is 0 Å². The summed E-state index contributed by atoms with van der Waals surface area (Å²) in [6.07, 6.45) is 0.897. The second kappa shape index (κ2) is 6.55. The minimum absolute atomic E-state index is 0.0304. The lowest BCUT2D eigenvalue weighted by atomic mass is 9.89. The molecule has 1 aliphatic heterocycles. The average Bonchev–Trinajstić information content (AvgIpc) is 2.76. The van der Waals surface area contributed by atoms with Gasteiger partial charge in [0.1, 0.15) is 4.75 Å². The Kier molecular flexibility index (Phi) is 4.50. The number of nitrogens with two attached hydrogens (primary N) is 1. The molecule has 4 heteroatoms. The van der Waals surface area contributed by atoms with E-state index >= 15 is 0 Å². The Morgan fingerprint density at radius 3 is 2.09 bits per heavy atom. The number of rotatable bonds is 3. The fraction of sp³-hybridized carbons (Fsp3) is 0.278. The smallest absolute Gasteiger partial charge is 0.245 e. The van der Waals surface area contributed by atoms with Gasteiger partial charge in [-0.3, -0.25) is 4.79 Å². The molecular formula is C18H20N2OS. The molecule has 1 aliphatic rings. The maximum Gasteiger partial charge on any atom is 0.245 e. The van der Waals surface area contributed by atoms with Crippen molar-refractivity contribution >= 4 is 17.7 Å². The van der Waals surface area contributed by atoms with Crippen molar-refractivity contribution < 1.29 is 4.79 Å². The zero-order valence-electron chi connectivity index (χ0n) is 12.4. The monoisotopic (exact) mass is 312 g/mol. The molecule has 0 aliphatic carbocycles. The standard InChI is InChI=1S/C18H20N2OS/c19-13-16-11-12-22-18(17(21)20-16,14-7-3-1-4-8-14)15-9-5-2-6-10-15/h1-10,16H,11-13,19H2,(H,20,21)/t16-/m0/s1. The van der Waals surface area contributed by atoms with E-state index in [0.29, 0.717) is 6.54 Å². The lowest BCUT2D eigenvalue weighted by Gasteiger charge is -2.31. The molecule has 2 aromatic rings. The molecule has 3 N–H and O–H groups in total.